The molecule has 0 radical (unpaired) electrons. The summed E-state index contributed by atoms with van der Waals surface area (Å²) in [6, 6.07) is 0.255. The van der Waals surface area contributed by atoms with Gasteiger partial charge in [0.05, 0.1) is 18.4 Å². The van der Waals surface area contributed by atoms with Crippen molar-refractivity contribution in [2.24, 2.45) is 34.5 Å². The Hall–Kier alpha value is -0.490. The van der Waals surface area contributed by atoms with Gasteiger partial charge in [-0.25, -0.2) is 0 Å². The van der Waals surface area contributed by atoms with Gasteiger partial charge in [0.15, 0.2) is 0 Å². The second kappa shape index (κ2) is 8.82. The fourth-order valence-corrected chi connectivity index (χ4v) is 10.4. The van der Waals surface area contributed by atoms with Crippen molar-refractivity contribution in [1.82, 2.24) is 9.80 Å². The highest BCUT2D eigenvalue weighted by atomic mass is 16.3. The van der Waals surface area contributed by atoms with Gasteiger partial charge in [0.2, 0.25) is 0 Å². The van der Waals surface area contributed by atoms with Crippen molar-refractivity contribution in [3.05, 3.63) is 0 Å². The van der Waals surface area contributed by atoms with Crippen LogP contribution in [0.5, 0.6) is 0 Å². The van der Waals surface area contributed by atoms with Gasteiger partial charge in [-0.2, -0.15) is 0 Å². The highest BCUT2D eigenvalue weighted by Gasteiger charge is 2.61. The Morgan fingerprint density at radius 3 is 2.41 bits per heavy atom. The molecular formula is C29H48N2O3. The fraction of sp³-hybridized carbons (Fsp3) is 0.966. The van der Waals surface area contributed by atoms with Crippen molar-refractivity contribution in [3.63, 3.8) is 0 Å². The monoisotopic (exact) mass is 472 g/mol. The number of nitrogens with zero attached hydrogens (tertiary/aromatic N) is 2. The predicted octanol–water partition coefficient (Wildman–Crippen LogP) is 4.21. The molecule has 0 amide bonds. The molecule has 5 nitrogen and oxygen atoms in total. The topological polar surface area (TPSA) is 64.0 Å². The lowest BCUT2D eigenvalue weighted by molar-refractivity contribution is -0.166. The molecule has 6 rings (SSSR count). The number of ketones is 1. The van der Waals surface area contributed by atoms with E-state index in [1.54, 1.807) is 0 Å². The number of hydrogen-bond donors (Lipinski definition) is 2. The number of aliphatic hydroxyl groups is 2. The van der Waals surface area contributed by atoms with E-state index < -0.39 is 0 Å². The number of aliphatic hydroxyl groups excluding tert-OH is 2. The molecule has 6 aliphatic rings. The molecule has 0 aromatic heterocycles. The molecule has 192 valence electrons. The molecule has 0 bridgehead atoms. The molecule has 4 aliphatic carbocycles. The second-order valence-electron chi connectivity index (χ2n) is 13.7. The smallest absolute Gasteiger partial charge is 0.135 e. The minimum Gasteiger partial charge on any atom is -0.393 e. The summed E-state index contributed by atoms with van der Waals surface area (Å²) >= 11 is 0. The van der Waals surface area contributed by atoms with Crippen LogP contribution in [0.2, 0.25) is 0 Å². The zero-order valence-corrected chi connectivity index (χ0v) is 21.6. The summed E-state index contributed by atoms with van der Waals surface area (Å²) in [5.74, 6) is 3.27. The van der Waals surface area contributed by atoms with E-state index in [1.807, 2.05) is 0 Å². The van der Waals surface area contributed by atoms with E-state index in [9.17, 15) is 15.0 Å². The Balaban J connectivity index is 1.24. The van der Waals surface area contributed by atoms with E-state index in [2.05, 4.69) is 23.6 Å². The molecule has 2 N–H and O–H groups in total. The Labute approximate surface area is 206 Å². The number of likely N-dealkylation sites (tertiary alicyclic amines) is 2. The standard InChI is InChI=1S/C29H48N2O3/c1-28-13-10-23-21(22(28)8-9-26(28)34)7-6-19-17-25(33)24(18-29(19,23)2)31-14-4-3-5-27(31)30-15-11-20(32)12-16-30/h19,21-27,33-34H,3-18H2,1-2H3/t19?,21-,22-,23+,24?,25?,26?,27?,28-,29-/m0/s1. The van der Waals surface area contributed by atoms with Crippen LogP contribution in [0, 0.1) is 34.5 Å². The third-order valence-electron chi connectivity index (χ3n) is 12.3. The maximum Gasteiger partial charge on any atom is 0.135 e. The molecule has 0 aromatic rings. The lowest BCUT2D eigenvalue weighted by Crippen LogP contribution is -2.64. The minimum absolute atomic E-state index is 0.101. The van der Waals surface area contributed by atoms with Gasteiger partial charge in [-0.1, -0.05) is 13.8 Å². The first-order valence-electron chi connectivity index (χ1n) is 14.7. The van der Waals surface area contributed by atoms with Crippen molar-refractivity contribution in [3.8, 4) is 0 Å². The van der Waals surface area contributed by atoms with Crippen LogP contribution in [0.15, 0.2) is 0 Å². The average molecular weight is 473 g/mol. The van der Waals surface area contributed by atoms with Crippen LogP contribution >= 0.6 is 0 Å². The molecule has 10 atom stereocenters. The molecule has 2 heterocycles. The van der Waals surface area contributed by atoms with E-state index >= 15 is 0 Å². The van der Waals surface area contributed by atoms with Crippen LogP contribution in [0.25, 0.3) is 0 Å². The van der Waals surface area contributed by atoms with Gasteiger partial charge in [0.25, 0.3) is 0 Å². The SMILES string of the molecule is C[C@]12CC(N3CCCCC3N3CCC(=O)CC3)C(O)CC1CC[C@@H]1[C@H]2CC[C@]2(C)C(O)CC[C@@H]12. The highest BCUT2D eigenvalue weighted by molar-refractivity contribution is 5.79. The van der Waals surface area contributed by atoms with Crippen LogP contribution in [0.1, 0.15) is 97.3 Å². The molecular weight excluding hydrogens is 424 g/mol. The number of carbonyl (C=O) groups excluding carboxylic acids is 1. The summed E-state index contributed by atoms with van der Waals surface area (Å²) in [6.45, 7) is 7.87. The summed E-state index contributed by atoms with van der Waals surface area (Å²) in [7, 11) is 0. The third kappa shape index (κ3) is 3.66. The fourth-order valence-electron chi connectivity index (χ4n) is 10.4. The molecule has 0 aromatic carbocycles. The van der Waals surface area contributed by atoms with Crippen LogP contribution in [0.3, 0.4) is 0 Å². The molecule has 2 saturated heterocycles. The Bertz CT molecular complexity index is 779. The van der Waals surface area contributed by atoms with Gasteiger partial charge in [0, 0.05) is 38.5 Å². The summed E-state index contributed by atoms with van der Waals surface area (Å²) in [4.78, 5) is 17.1. The van der Waals surface area contributed by atoms with Crippen LogP contribution in [-0.2, 0) is 4.79 Å². The number of fused-ring (bicyclic) bond motifs is 5. The second-order valence-corrected chi connectivity index (χ2v) is 13.7. The quantitative estimate of drug-likeness (QED) is 0.630. The molecule has 0 spiro atoms. The maximum absolute atomic E-state index is 11.9. The third-order valence-corrected chi connectivity index (χ3v) is 12.3. The number of hydrogen-bond acceptors (Lipinski definition) is 5. The van der Waals surface area contributed by atoms with E-state index in [1.165, 1.54) is 51.4 Å². The first-order chi connectivity index (χ1) is 16.3. The zero-order valence-electron chi connectivity index (χ0n) is 21.6. The first-order valence-corrected chi connectivity index (χ1v) is 14.7. The summed E-state index contributed by atoms with van der Waals surface area (Å²) in [5.41, 5.74) is 0.448. The molecule has 4 saturated carbocycles. The molecule has 2 aliphatic heterocycles. The summed E-state index contributed by atoms with van der Waals surface area (Å²) in [5, 5.41) is 22.3. The van der Waals surface area contributed by atoms with E-state index in [4.69, 9.17) is 0 Å². The van der Waals surface area contributed by atoms with Gasteiger partial charge in [-0.05, 0) is 105 Å². The summed E-state index contributed by atoms with van der Waals surface area (Å²) in [6.07, 6.45) is 14.5. The average Bonchev–Trinajstić information content (AvgIpc) is 3.14. The normalized spacial score (nSPS) is 52.6. The Kier molecular flexibility index (Phi) is 6.19. The number of Topliss-reactive ketones (excluding diaryl/α,β-unsaturated/α-hetero) is 1. The predicted molar refractivity (Wildman–Crippen MR) is 133 cm³/mol. The molecule has 5 unspecified atom stereocenters. The lowest BCUT2D eigenvalue weighted by atomic mass is 9.44. The number of rotatable bonds is 2. The van der Waals surface area contributed by atoms with E-state index in [0.717, 1.165) is 50.7 Å². The molecule has 34 heavy (non-hydrogen) atoms. The van der Waals surface area contributed by atoms with Crippen LogP contribution in [0.4, 0.5) is 0 Å². The zero-order chi connectivity index (χ0) is 23.7. The summed E-state index contributed by atoms with van der Waals surface area (Å²) < 4.78 is 0. The number of piperidine rings is 2. The van der Waals surface area contributed by atoms with Gasteiger partial charge in [-0.15, -0.1) is 0 Å². The Morgan fingerprint density at radius 2 is 1.62 bits per heavy atom. The van der Waals surface area contributed by atoms with Crippen molar-refractivity contribution in [2.45, 2.75) is 122 Å². The minimum atomic E-state index is -0.219. The van der Waals surface area contributed by atoms with Crippen molar-refractivity contribution < 1.29 is 15.0 Å². The van der Waals surface area contributed by atoms with Crippen molar-refractivity contribution in [1.29, 1.82) is 0 Å². The van der Waals surface area contributed by atoms with Crippen molar-refractivity contribution >= 4 is 5.78 Å². The van der Waals surface area contributed by atoms with Crippen LogP contribution < -0.4 is 0 Å². The number of carbonyl (C=O) groups is 1. The van der Waals surface area contributed by atoms with Gasteiger partial charge < -0.3 is 10.2 Å². The van der Waals surface area contributed by atoms with E-state index in [0.29, 0.717) is 42.0 Å². The van der Waals surface area contributed by atoms with Gasteiger partial charge in [-0.3, -0.25) is 14.6 Å². The van der Waals surface area contributed by atoms with Crippen molar-refractivity contribution in [2.75, 3.05) is 19.6 Å². The Morgan fingerprint density at radius 1 is 0.853 bits per heavy atom. The maximum atomic E-state index is 11.9. The molecule has 6 fully saturated rings. The van der Waals surface area contributed by atoms with Crippen LogP contribution in [-0.4, -0.2) is 69.8 Å². The highest BCUT2D eigenvalue weighted by Crippen LogP contribution is 2.66. The van der Waals surface area contributed by atoms with E-state index in [-0.39, 0.29) is 23.7 Å². The van der Waals surface area contributed by atoms with Gasteiger partial charge >= 0.3 is 0 Å². The van der Waals surface area contributed by atoms with Gasteiger partial charge in [0.1, 0.15) is 5.78 Å². The first kappa shape index (κ1) is 23.9. The largest absolute Gasteiger partial charge is 0.393 e. The molecule has 5 heteroatoms. The lowest BCUT2D eigenvalue weighted by Gasteiger charge is -2.63.